The average Bonchev–Trinajstić information content (AvgIpc) is 2.69. The largest absolute Gasteiger partial charge is 0.366 e. The molecule has 0 radical (unpaired) electrons. The molecule has 0 atom stereocenters. The van der Waals surface area contributed by atoms with Gasteiger partial charge < -0.3 is 11.1 Å². The maximum Gasteiger partial charge on any atom is 0.261 e. The van der Waals surface area contributed by atoms with Crippen molar-refractivity contribution in [3.63, 3.8) is 0 Å². The van der Waals surface area contributed by atoms with E-state index in [9.17, 15) is 18.0 Å². The number of hydrogen-bond donors (Lipinski definition) is 3. The van der Waals surface area contributed by atoms with Gasteiger partial charge in [-0.15, -0.1) is 0 Å². The van der Waals surface area contributed by atoms with Crippen LogP contribution in [0.5, 0.6) is 0 Å². The SMILES string of the molecule is NC(=O)c1ccc(NC(=O)c2ccc(S(=O)(=O)Nc3ccccc3)cc2)cc1. The number of rotatable bonds is 6. The van der Waals surface area contributed by atoms with Crippen LogP contribution in [0.3, 0.4) is 0 Å². The van der Waals surface area contributed by atoms with Crippen LogP contribution in [0.4, 0.5) is 11.4 Å². The highest BCUT2D eigenvalue weighted by Gasteiger charge is 2.15. The molecule has 0 unspecified atom stereocenters. The molecule has 28 heavy (non-hydrogen) atoms. The number of primary amides is 1. The van der Waals surface area contributed by atoms with E-state index in [1.165, 1.54) is 36.4 Å². The summed E-state index contributed by atoms with van der Waals surface area (Å²) in [6, 6.07) is 20.2. The molecule has 8 heteroatoms. The molecule has 0 aliphatic carbocycles. The van der Waals surface area contributed by atoms with Gasteiger partial charge in [0.25, 0.3) is 15.9 Å². The second kappa shape index (κ2) is 7.93. The average molecular weight is 395 g/mol. The fourth-order valence-corrected chi connectivity index (χ4v) is 3.49. The predicted octanol–water partition coefficient (Wildman–Crippen LogP) is 2.84. The molecule has 0 spiro atoms. The lowest BCUT2D eigenvalue weighted by atomic mass is 10.2. The number of benzene rings is 3. The summed E-state index contributed by atoms with van der Waals surface area (Å²) >= 11 is 0. The molecule has 0 saturated heterocycles. The number of carbonyl (C=O) groups excluding carboxylic acids is 2. The van der Waals surface area contributed by atoms with Crippen molar-refractivity contribution in [2.45, 2.75) is 4.90 Å². The van der Waals surface area contributed by atoms with Gasteiger partial charge >= 0.3 is 0 Å². The first kappa shape index (κ1) is 19.1. The van der Waals surface area contributed by atoms with E-state index in [2.05, 4.69) is 10.0 Å². The third-order valence-electron chi connectivity index (χ3n) is 3.88. The first-order chi connectivity index (χ1) is 13.3. The Bertz CT molecular complexity index is 1090. The lowest BCUT2D eigenvalue weighted by Crippen LogP contribution is -2.15. The van der Waals surface area contributed by atoms with Gasteiger partial charge in [-0.3, -0.25) is 14.3 Å². The minimum Gasteiger partial charge on any atom is -0.366 e. The number of nitrogens with one attached hydrogen (secondary N) is 2. The second-order valence-electron chi connectivity index (χ2n) is 5.89. The molecule has 4 N–H and O–H groups in total. The van der Waals surface area contributed by atoms with E-state index in [0.717, 1.165) is 0 Å². The fourth-order valence-electron chi connectivity index (χ4n) is 2.43. The van der Waals surface area contributed by atoms with Gasteiger partial charge in [0.1, 0.15) is 0 Å². The Labute approximate surface area is 162 Å². The van der Waals surface area contributed by atoms with Crippen molar-refractivity contribution in [1.82, 2.24) is 0 Å². The van der Waals surface area contributed by atoms with E-state index in [1.54, 1.807) is 42.5 Å². The van der Waals surface area contributed by atoms with E-state index in [0.29, 0.717) is 16.9 Å². The Morgan fingerprint density at radius 3 is 1.86 bits per heavy atom. The minimum atomic E-state index is -3.75. The van der Waals surface area contributed by atoms with E-state index in [1.807, 2.05) is 0 Å². The standard InChI is InChI=1S/C20H17N3O4S/c21-19(24)14-6-10-16(11-7-14)22-20(25)15-8-12-18(13-9-15)28(26,27)23-17-4-2-1-3-5-17/h1-13,23H,(H2,21,24)(H,22,25). The molecule has 7 nitrogen and oxygen atoms in total. The van der Waals surface area contributed by atoms with Crippen LogP contribution in [0.1, 0.15) is 20.7 Å². The predicted molar refractivity (Wildman–Crippen MR) is 107 cm³/mol. The monoisotopic (exact) mass is 395 g/mol. The van der Waals surface area contributed by atoms with E-state index >= 15 is 0 Å². The highest BCUT2D eigenvalue weighted by Crippen LogP contribution is 2.17. The summed E-state index contributed by atoms with van der Waals surface area (Å²) in [5.74, 6) is -0.967. The van der Waals surface area contributed by atoms with Crippen LogP contribution in [0, 0.1) is 0 Å². The normalized spacial score (nSPS) is 10.9. The van der Waals surface area contributed by atoms with Crippen molar-refractivity contribution in [1.29, 1.82) is 0 Å². The molecule has 0 saturated carbocycles. The van der Waals surface area contributed by atoms with Crippen LogP contribution in [0.15, 0.2) is 83.8 Å². The van der Waals surface area contributed by atoms with Gasteiger partial charge in [0.2, 0.25) is 5.91 Å². The third-order valence-corrected chi connectivity index (χ3v) is 5.28. The first-order valence-electron chi connectivity index (χ1n) is 8.24. The number of hydrogen-bond acceptors (Lipinski definition) is 4. The zero-order valence-corrected chi connectivity index (χ0v) is 15.4. The van der Waals surface area contributed by atoms with Crippen molar-refractivity contribution < 1.29 is 18.0 Å². The summed E-state index contributed by atoms with van der Waals surface area (Å²) in [4.78, 5) is 23.4. The quantitative estimate of drug-likeness (QED) is 0.595. The molecule has 2 amide bonds. The minimum absolute atomic E-state index is 0.0405. The van der Waals surface area contributed by atoms with Gasteiger partial charge in [0.05, 0.1) is 4.90 Å². The first-order valence-corrected chi connectivity index (χ1v) is 9.73. The Hall–Kier alpha value is -3.65. The van der Waals surface area contributed by atoms with Crippen molar-refractivity contribution in [3.05, 3.63) is 90.0 Å². The van der Waals surface area contributed by atoms with Gasteiger partial charge in [-0.1, -0.05) is 18.2 Å². The lowest BCUT2D eigenvalue weighted by Gasteiger charge is -2.09. The van der Waals surface area contributed by atoms with Crippen molar-refractivity contribution in [3.8, 4) is 0 Å². The molecule has 0 heterocycles. The molecule has 3 rings (SSSR count). The molecule has 0 fully saturated rings. The van der Waals surface area contributed by atoms with E-state index in [-0.39, 0.29) is 10.5 Å². The van der Waals surface area contributed by atoms with Crippen LogP contribution in [-0.4, -0.2) is 20.2 Å². The zero-order valence-electron chi connectivity index (χ0n) is 14.6. The highest BCUT2D eigenvalue weighted by molar-refractivity contribution is 7.92. The number of sulfonamides is 1. The molecular formula is C20H17N3O4S. The Kier molecular flexibility index (Phi) is 5.42. The third kappa shape index (κ3) is 4.54. The van der Waals surface area contributed by atoms with Gasteiger partial charge in [0, 0.05) is 22.5 Å². The Morgan fingerprint density at radius 2 is 1.29 bits per heavy atom. The number of amides is 2. The number of carbonyl (C=O) groups is 2. The van der Waals surface area contributed by atoms with Crippen LogP contribution in [0.2, 0.25) is 0 Å². The van der Waals surface area contributed by atoms with E-state index < -0.39 is 21.8 Å². The topological polar surface area (TPSA) is 118 Å². The van der Waals surface area contributed by atoms with Crippen LogP contribution < -0.4 is 15.8 Å². The maximum atomic E-state index is 12.4. The van der Waals surface area contributed by atoms with Crippen LogP contribution in [-0.2, 0) is 10.0 Å². The zero-order chi connectivity index (χ0) is 20.1. The Morgan fingerprint density at radius 1 is 0.714 bits per heavy atom. The van der Waals surface area contributed by atoms with Gasteiger partial charge in [-0.2, -0.15) is 0 Å². The molecule has 0 aliphatic rings. The molecule has 3 aromatic rings. The number of para-hydroxylation sites is 1. The smallest absolute Gasteiger partial charge is 0.261 e. The summed E-state index contributed by atoms with van der Waals surface area (Å²) in [6.45, 7) is 0. The molecule has 0 aromatic heterocycles. The molecule has 0 aliphatic heterocycles. The van der Waals surface area contributed by atoms with Crippen LogP contribution >= 0.6 is 0 Å². The second-order valence-corrected chi connectivity index (χ2v) is 7.57. The maximum absolute atomic E-state index is 12.4. The number of anilines is 2. The highest BCUT2D eigenvalue weighted by atomic mass is 32.2. The van der Waals surface area contributed by atoms with Crippen molar-refractivity contribution in [2.75, 3.05) is 10.0 Å². The molecule has 0 bridgehead atoms. The van der Waals surface area contributed by atoms with Gasteiger partial charge in [-0.25, -0.2) is 8.42 Å². The summed E-state index contributed by atoms with van der Waals surface area (Å²) in [6.07, 6.45) is 0. The van der Waals surface area contributed by atoms with Gasteiger partial charge in [0.15, 0.2) is 0 Å². The van der Waals surface area contributed by atoms with Gasteiger partial charge in [-0.05, 0) is 60.7 Å². The van der Waals surface area contributed by atoms with Crippen molar-refractivity contribution >= 4 is 33.2 Å². The lowest BCUT2D eigenvalue weighted by molar-refractivity contribution is 0.0998. The number of nitrogens with two attached hydrogens (primary N) is 1. The van der Waals surface area contributed by atoms with Crippen LogP contribution in [0.25, 0.3) is 0 Å². The fraction of sp³-hybridized carbons (Fsp3) is 0. The molecule has 3 aromatic carbocycles. The summed E-state index contributed by atoms with van der Waals surface area (Å²) < 4.78 is 27.3. The summed E-state index contributed by atoms with van der Waals surface area (Å²) in [5.41, 5.74) is 6.73. The summed E-state index contributed by atoms with van der Waals surface area (Å²) in [7, 11) is -3.75. The molecule has 142 valence electrons. The van der Waals surface area contributed by atoms with Crippen molar-refractivity contribution in [2.24, 2.45) is 5.73 Å². The summed E-state index contributed by atoms with van der Waals surface area (Å²) in [5, 5.41) is 2.67. The Balaban J connectivity index is 1.71. The van der Waals surface area contributed by atoms with E-state index in [4.69, 9.17) is 5.73 Å². The molecular weight excluding hydrogens is 378 g/mol.